The van der Waals surface area contributed by atoms with E-state index in [1.807, 2.05) is 0 Å². The smallest absolute Gasteiger partial charge is 0.277 e. The maximum atomic E-state index is 11.7. The number of hydrogen-bond acceptors (Lipinski definition) is 6. The number of benzene rings is 1. The molecule has 0 aliphatic rings. The van der Waals surface area contributed by atoms with Crippen LogP contribution in [0.3, 0.4) is 0 Å². The minimum Gasteiger partial charge on any atom is -0.483 e. The number of nitrogens with one attached hydrogen (secondary N) is 1. The van der Waals surface area contributed by atoms with Crippen molar-refractivity contribution < 1.29 is 18.9 Å². The lowest BCUT2D eigenvalue weighted by molar-refractivity contribution is -0.384. The maximum Gasteiger partial charge on any atom is 0.277 e. The molecule has 0 saturated heterocycles. The van der Waals surface area contributed by atoms with E-state index in [0.717, 1.165) is 0 Å². The van der Waals surface area contributed by atoms with Gasteiger partial charge in [-0.15, -0.1) is 0 Å². The van der Waals surface area contributed by atoms with Crippen LogP contribution in [0.5, 0.6) is 5.75 Å². The molecular weight excluding hydrogens is 314 g/mol. The van der Waals surface area contributed by atoms with E-state index in [1.165, 1.54) is 24.3 Å². The first-order valence-corrected chi connectivity index (χ1v) is 6.96. The number of hydrazone groups is 1. The van der Waals surface area contributed by atoms with Gasteiger partial charge in [-0.05, 0) is 37.3 Å². The molecule has 24 heavy (non-hydrogen) atoms. The number of allylic oxidation sites excluding steroid dienone is 1. The highest BCUT2D eigenvalue weighted by molar-refractivity contribution is 5.96. The van der Waals surface area contributed by atoms with Crippen molar-refractivity contribution in [3.8, 4) is 5.75 Å². The molecule has 0 aliphatic carbocycles. The lowest BCUT2D eigenvalue weighted by Crippen LogP contribution is -2.25. The van der Waals surface area contributed by atoms with Crippen LogP contribution in [-0.2, 0) is 4.79 Å². The van der Waals surface area contributed by atoms with Crippen LogP contribution in [0.1, 0.15) is 12.7 Å². The van der Waals surface area contributed by atoms with E-state index in [2.05, 4.69) is 10.5 Å². The van der Waals surface area contributed by atoms with E-state index >= 15 is 0 Å². The molecule has 8 nitrogen and oxygen atoms in total. The maximum absolute atomic E-state index is 11.7. The fourth-order valence-electron chi connectivity index (χ4n) is 1.64. The summed E-state index contributed by atoms with van der Waals surface area (Å²) in [5.41, 5.74) is 2.79. The summed E-state index contributed by atoms with van der Waals surface area (Å²) in [5, 5.41) is 14.5. The quantitative estimate of drug-likeness (QED) is 0.477. The predicted molar refractivity (Wildman–Crippen MR) is 87.6 cm³/mol. The van der Waals surface area contributed by atoms with Crippen LogP contribution in [-0.4, -0.2) is 23.1 Å². The molecule has 0 saturated carbocycles. The first-order chi connectivity index (χ1) is 11.5. The topological polar surface area (TPSA) is 107 Å². The number of non-ortho nitro benzene ring substituents is 1. The summed E-state index contributed by atoms with van der Waals surface area (Å²) >= 11 is 0. The Hall–Kier alpha value is -3.42. The molecule has 1 aromatic heterocycles. The molecule has 1 heterocycles. The summed E-state index contributed by atoms with van der Waals surface area (Å²) in [4.78, 5) is 21.8. The largest absolute Gasteiger partial charge is 0.483 e. The highest BCUT2D eigenvalue weighted by Crippen LogP contribution is 2.18. The van der Waals surface area contributed by atoms with Gasteiger partial charge in [-0.1, -0.05) is 6.07 Å². The van der Waals surface area contributed by atoms with E-state index < -0.39 is 10.8 Å². The molecule has 124 valence electrons. The van der Waals surface area contributed by atoms with Crippen molar-refractivity contribution in [2.24, 2.45) is 5.10 Å². The number of nitrogens with zero attached hydrogens (tertiary/aromatic N) is 2. The van der Waals surface area contributed by atoms with Crippen LogP contribution in [0.2, 0.25) is 0 Å². The minimum atomic E-state index is -0.536. The van der Waals surface area contributed by atoms with E-state index in [0.29, 0.717) is 11.5 Å². The molecule has 2 aromatic rings. The Kier molecular flexibility index (Phi) is 5.84. The highest BCUT2D eigenvalue weighted by Gasteiger charge is 2.07. The third-order valence-electron chi connectivity index (χ3n) is 2.79. The Balaban J connectivity index is 1.81. The SMILES string of the molecule is CC(/C=C/c1ccco1)=N/NC(=O)COc1cccc([N+](=O)[O-])c1. The zero-order valence-electron chi connectivity index (χ0n) is 12.8. The Morgan fingerprint density at radius 2 is 2.25 bits per heavy atom. The molecular formula is C16H15N3O5. The van der Waals surface area contributed by atoms with Gasteiger partial charge in [0.25, 0.3) is 11.6 Å². The third-order valence-corrected chi connectivity index (χ3v) is 2.79. The van der Waals surface area contributed by atoms with Crippen LogP contribution in [0, 0.1) is 10.1 Å². The molecule has 0 bridgehead atoms. The molecule has 0 spiro atoms. The molecule has 8 heteroatoms. The second-order valence-corrected chi connectivity index (χ2v) is 4.68. The Morgan fingerprint density at radius 3 is 2.96 bits per heavy atom. The van der Waals surface area contributed by atoms with Gasteiger partial charge in [0, 0.05) is 6.07 Å². The van der Waals surface area contributed by atoms with E-state index in [4.69, 9.17) is 9.15 Å². The van der Waals surface area contributed by atoms with Crippen molar-refractivity contribution in [1.82, 2.24) is 5.43 Å². The summed E-state index contributed by atoms with van der Waals surface area (Å²) in [7, 11) is 0. The van der Waals surface area contributed by atoms with Gasteiger partial charge in [0.1, 0.15) is 11.5 Å². The molecule has 1 aromatic carbocycles. The van der Waals surface area contributed by atoms with Crippen molar-refractivity contribution in [2.45, 2.75) is 6.92 Å². The highest BCUT2D eigenvalue weighted by atomic mass is 16.6. The van der Waals surface area contributed by atoms with E-state index in [-0.39, 0.29) is 18.0 Å². The zero-order chi connectivity index (χ0) is 17.4. The van der Waals surface area contributed by atoms with Gasteiger partial charge in [0.05, 0.1) is 23.0 Å². The van der Waals surface area contributed by atoms with Gasteiger partial charge in [-0.25, -0.2) is 5.43 Å². The van der Waals surface area contributed by atoms with Gasteiger partial charge in [0.15, 0.2) is 6.61 Å². The molecule has 0 fully saturated rings. The van der Waals surface area contributed by atoms with Crippen LogP contribution in [0.4, 0.5) is 5.69 Å². The van der Waals surface area contributed by atoms with E-state index in [1.54, 1.807) is 37.5 Å². The number of ether oxygens (including phenoxy) is 1. The Morgan fingerprint density at radius 1 is 1.42 bits per heavy atom. The van der Waals surface area contributed by atoms with Gasteiger partial charge in [-0.3, -0.25) is 14.9 Å². The molecule has 0 unspecified atom stereocenters. The van der Waals surface area contributed by atoms with Crippen LogP contribution >= 0.6 is 0 Å². The number of furan rings is 1. The summed E-state index contributed by atoms with van der Waals surface area (Å²) in [6.45, 7) is 1.40. The fourth-order valence-corrected chi connectivity index (χ4v) is 1.64. The summed E-state index contributed by atoms with van der Waals surface area (Å²) in [5.74, 6) is 0.426. The number of amides is 1. The second-order valence-electron chi connectivity index (χ2n) is 4.68. The number of rotatable bonds is 7. The number of carbonyl (C=O) groups is 1. The standard InChI is InChI=1S/C16H15N3O5/c1-12(7-8-14-6-3-9-23-14)17-18-16(20)11-24-15-5-2-4-13(10-15)19(21)22/h2-10H,11H2,1H3,(H,18,20)/b8-7+,17-12-. The predicted octanol–water partition coefficient (Wildman–Crippen LogP) is 2.77. The first-order valence-electron chi connectivity index (χ1n) is 6.96. The minimum absolute atomic E-state index is 0.107. The fraction of sp³-hybridized carbons (Fsp3) is 0.125. The van der Waals surface area contributed by atoms with Gasteiger partial charge in [-0.2, -0.15) is 5.10 Å². The van der Waals surface area contributed by atoms with Gasteiger partial charge < -0.3 is 9.15 Å². The number of nitro groups is 1. The molecule has 0 radical (unpaired) electrons. The van der Waals surface area contributed by atoms with Gasteiger partial charge >= 0.3 is 0 Å². The number of nitro benzene ring substituents is 1. The lowest BCUT2D eigenvalue weighted by atomic mass is 10.3. The third kappa shape index (κ3) is 5.41. The molecule has 2 rings (SSSR count). The zero-order valence-corrected chi connectivity index (χ0v) is 12.8. The molecule has 1 N–H and O–H groups in total. The van der Waals surface area contributed by atoms with Crippen molar-refractivity contribution >= 4 is 23.4 Å². The van der Waals surface area contributed by atoms with Crippen LogP contribution in [0.15, 0.2) is 58.3 Å². The first kappa shape index (κ1) is 16.9. The average molecular weight is 329 g/mol. The van der Waals surface area contributed by atoms with Crippen LogP contribution in [0.25, 0.3) is 6.08 Å². The molecule has 0 atom stereocenters. The van der Waals surface area contributed by atoms with Crippen molar-refractivity contribution in [1.29, 1.82) is 0 Å². The average Bonchev–Trinajstić information content (AvgIpc) is 3.10. The summed E-state index contributed by atoms with van der Waals surface area (Å²) in [6.07, 6.45) is 4.95. The van der Waals surface area contributed by atoms with Gasteiger partial charge in [0.2, 0.25) is 0 Å². The van der Waals surface area contributed by atoms with Crippen LogP contribution < -0.4 is 10.2 Å². The summed E-state index contributed by atoms with van der Waals surface area (Å²) < 4.78 is 10.3. The summed E-state index contributed by atoms with van der Waals surface area (Å²) in [6, 6.07) is 9.14. The van der Waals surface area contributed by atoms with Crippen molar-refractivity contribution in [2.75, 3.05) is 6.61 Å². The second kappa shape index (κ2) is 8.28. The molecule has 1 amide bonds. The monoisotopic (exact) mass is 329 g/mol. The van der Waals surface area contributed by atoms with Crippen molar-refractivity contribution in [3.63, 3.8) is 0 Å². The van der Waals surface area contributed by atoms with E-state index in [9.17, 15) is 14.9 Å². The Bertz CT molecular complexity index is 766. The lowest BCUT2D eigenvalue weighted by Gasteiger charge is -2.04. The number of carbonyl (C=O) groups excluding carboxylic acids is 1. The van der Waals surface area contributed by atoms with Crippen molar-refractivity contribution in [3.05, 3.63) is 64.6 Å². The Labute approximate surface area is 137 Å². The number of hydrogen-bond donors (Lipinski definition) is 1. The molecule has 0 aliphatic heterocycles. The normalized spacial score (nSPS) is 11.5.